The Morgan fingerprint density at radius 1 is 1.15 bits per heavy atom. The Balaban J connectivity index is 1.46. The first-order valence-corrected chi connectivity index (χ1v) is 10.7. The third-order valence-electron chi connectivity index (χ3n) is 4.38. The molecule has 1 amide bonds. The van der Waals surface area contributed by atoms with Crippen LogP contribution >= 0.6 is 11.6 Å². The fourth-order valence-electron chi connectivity index (χ4n) is 3.00. The van der Waals surface area contributed by atoms with Crippen LogP contribution in [0.4, 0.5) is 0 Å². The lowest BCUT2D eigenvalue weighted by molar-refractivity contribution is 0.0920. The molecule has 1 aliphatic heterocycles. The van der Waals surface area contributed by atoms with E-state index in [9.17, 15) is 9.00 Å². The van der Waals surface area contributed by atoms with Gasteiger partial charge < -0.3 is 14.6 Å². The molecule has 0 bridgehead atoms. The van der Waals surface area contributed by atoms with Gasteiger partial charge in [0, 0.05) is 28.9 Å². The summed E-state index contributed by atoms with van der Waals surface area (Å²) in [5, 5.41) is 3.48. The lowest BCUT2D eigenvalue weighted by Crippen LogP contribution is -2.33. The number of nitrogens with one attached hydrogen (secondary N) is 1. The van der Waals surface area contributed by atoms with Gasteiger partial charge in [0.2, 0.25) is 0 Å². The Morgan fingerprint density at radius 2 is 1.92 bits per heavy atom. The number of nitrogens with zero attached hydrogens (tertiary/aromatic N) is 1. The standard InChI is InChI=1S/C19H23ClN2O3S/c20-17-6-2-1-5-15(17)13-26(24)14-16-7-8-18(25-16)19(23)21-9-12-22-10-3-4-11-22/h1-2,5-8H,3-4,9-14H2,(H,21,23)/t26-/m0/s1. The van der Waals surface area contributed by atoms with Gasteiger partial charge in [0.25, 0.3) is 5.91 Å². The van der Waals surface area contributed by atoms with E-state index in [1.54, 1.807) is 18.2 Å². The summed E-state index contributed by atoms with van der Waals surface area (Å²) in [5.41, 5.74) is 0.846. The summed E-state index contributed by atoms with van der Waals surface area (Å²) in [5.74, 6) is 1.19. The molecule has 1 saturated heterocycles. The zero-order chi connectivity index (χ0) is 18.4. The number of hydrogen-bond acceptors (Lipinski definition) is 4. The lowest BCUT2D eigenvalue weighted by atomic mass is 10.2. The van der Waals surface area contributed by atoms with Crippen molar-refractivity contribution in [3.05, 3.63) is 58.5 Å². The van der Waals surface area contributed by atoms with Crippen molar-refractivity contribution >= 4 is 28.3 Å². The normalized spacial score (nSPS) is 15.9. The number of hydrogen-bond donors (Lipinski definition) is 1. The zero-order valence-corrected chi connectivity index (χ0v) is 16.2. The molecule has 0 radical (unpaired) electrons. The molecule has 2 heterocycles. The van der Waals surface area contributed by atoms with Crippen molar-refractivity contribution in [3.8, 4) is 0 Å². The lowest BCUT2D eigenvalue weighted by Gasteiger charge is -2.14. The van der Waals surface area contributed by atoms with Gasteiger partial charge in [0.1, 0.15) is 5.76 Å². The van der Waals surface area contributed by atoms with Crippen LogP contribution in [0.2, 0.25) is 5.02 Å². The van der Waals surface area contributed by atoms with Gasteiger partial charge in [-0.3, -0.25) is 9.00 Å². The molecule has 0 saturated carbocycles. The van der Waals surface area contributed by atoms with Crippen LogP contribution < -0.4 is 5.32 Å². The summed E-state index contributed by atoms with van der Waals surface area (Å²) in [6.07, 6.45) is 2.47. The Kier molecular flexibility index (Phi) is 6.88. The Morgan fingerprint density at radius 3 is 2.69 bits per heavy atom. The minimum Gasteiger partial charge on any atom is -0.455 e. The first-order valence-electron chi connectivity index (χ1n) is 8.79. The summed E-state index contributed by atoms with van der Waals surface area (Å²) in [6.45, 7) is 3.69. The highest BCUT2D eigenvalue weighted by Crippen LogP contribution is 2.18. The molecule has 26 heavy (non-hydrogen) atoms. The van der Waals surface area contributed by atoms with Gasteiger partial charge in [-0.05, 0) is 49.7 Å². The predicted molar refractivity (Wildman–Crippen MR) is 104 cm³/mol. The van der Waals surface area contributed by atoms with Crippen molar-refractivity contribution in [2.45, 2.75) is 24.3 Å². The van der Waals surface area contributed by atoms with Crippen LogP contribution in [0, 0.1) is 0 Å². The highest BCUT2D eigenvalue weighted by molar-refractivity contribution is 7.83. The maximum absolute atomic E-state index is 12.3. The number of furan rings is 1. The smallest absolute Gasteiger partial charge is 0.287 e. The zero-order valence-electron chi connectivity index (χ0n) is 14.6. The second-order valence-corrected chi connectivity index (χ2v) is 8.25. The van der Waals surface area contributed by atoms with E-state index in [2.05, 4.69) is 10.2 Å². The van der Waals surface area contributed by atoms with Crippen LogP contribution in [-0.2, 0) is 22.3 Å². The van der Waals surface area contributed by atoms with Gasteiger partial charge in [-0.2, -0.15) is 0 Å². The second-order valence-electron chi connectivity index (χ2n) is 6.39. The minimum absolute atomic E-state index is 0.229. The van der Waals surface area contributed by atoms with Crippen LogP contribution in [0.3, 0.4) is 0 Å². The van der Waals surface area contributed by atoms with Crippen molar-refractivity contribution in [1.29, 1.82) is 0 Å². The maximum atomic E-state index is 12.3. The Bertz CT molecular complexity index is 772. The molecule has 1 aromatic carbocycles. The first-order chi connectivity index (χ1) is 12.6. The number of likely N-dealkylation sites (tertiary alicyclic amines) is 1. The van der Waals surface area contributed by atoms with Crippen molar-refractivity contribution in [2.24, 2.45) is 0 Å². The summed E-state index contributed by atoms with van der Waals surface area (Å²) < 4.78 is 17.9. The van der Waals surface area contributed by atoms with E-state index in [-0.39, 0.29) is 17.4 Å². The van der Waals surface area contributed by atoms with Crippen molar-refractivity contribution in [1.82, 2.24) is 10.2 Å². The molecule has 5 nitrogen and oxygen atoms in total. The van der Waals surface area contributed by atoms with Gasteiger partial charge in [-0.25, -0.2) is 0 Å². The molecule has 0 aliphatic carbocycles. The average Bonchev–Trinajstić information content (AvgIpc) is 3.29. The van der Waals surface area contributed by atoms with Crippen molar-refractivity contribution < 1.29 is 13.4 Å². The van der Waals surface area contributed by atoms with Crippen LogP contribution in [0.25, 0.3) is 0 Å². The number of carbonyl (C=O) groups is 1. The molecular weight excluding hydrogens is 372 g/mol. The molecular formula is C19H23ClN2O3S. The fourth-order valence-corrected chi connectivity index (χ4v) is 4.45. The maximum Gasteiger partial charge on any atom is 0.287 e. The van der Waals surface area contributed by atoms with E-state index >= 15 is 0 Å². The molecule has 2 aromatic rings. The average molecular weight is 395 g/mol. The molecule has 0 spiro atoms. The van der Waals surface area contributed by atoms with Crippen molar-refractivity contribution in [3.63, 3.8) is 0 Å². The SMILES string of the molecule is O=C(NCCN1CCCC1)c1ccc(C[S@@](=O)Cc2ccccc2Cl)o1. The van der Waals surface area contributed by atoms with Gasteiger partial charge in [0.05, 0.1) is 11.5 Å². The topological polar surface area (TPSA) is 62.6 Å². The van der Waals surface area contributed by atoms with Gasteiger partial charge in [0.15, 0.2) is 5.76 Å². The largest absolute Gasteiger partial charge is 0.455 e. The van der Waals surface area contributed by atoms with E-state index in [4.69, 9.17) is 16.0 Å². The summed E-state index contributed by atoms with van der Waals surface area (Å²) in [4.78, 5) is 14.5. The molecule has 3 rings (SSSR count). The van der Waals surface area contributed by atoms with Crippen LogP contribution in [-0.4, -0.2) is 41.2 Å². The van der Waals surface area contributed by atoms with E-state index < -0.39 is 10.8 Å². The van der Waals surface area contributed by atoms with Crippen LogP contribution in [0.5, 0.6) is 0 Å². The summed E-state index contributed by atoms with van der Waals surface area (Å²) in [7, 11) is -1.16. The number of amides is 1. The highest BCUT2D eigenvalue weighted by atomic mass is 35.5. The Labute approximate surface area is 161 Å². The summed E-state index contributed by atoms with van der Waals surface area (Å²) >= 11 is 6.10. The van der Waals surface area contributed by atoms with Crippen LogP contribution in [0.1, 0.15) is 34.7 Å². The monoisotopic (exact) mass is 394 g/mol. The van der Waals surface area contributed by atoms with E-state index in [1.807, 2.05) is 18.2 Å². The third kappa shape index (κ3) is 5.43. The molecule has 1 aliphatic rings. The molecule has 0 unspecified atom stereocenters. The number of halogens is 1. The molecule has 140 valence electrons. The van der Waals surface area contributed by atoms with E-state index in [0.29, 0.717) is 23.1 Å². The first kappa shape index (κ1) is 19.1. The minimum atomic E-state index is -1.16. The molecule has 1 fully saturated rings. The third-order valence-corrected chi connectivity index (χ3v) is 5.98. The second kappa shape index (κ2) is 9.35. The molecule has 1 atom stereocenters. The quantitative estimate of drug-likeness (QED) is 0.746. The van der Waals surface area contributed by atoms with E-state index in [0.717, 1.165) is 25.2 Å². The fraction of sp³-hybridized carbons (Fsp3) is 0.421. The molecule has 1 N–H and O–H groups in total. The Hall–Kier alpha value is -1.63. The summed E-state index contributed by atoms with van der Waals surface area (Å²) in [6, 6.07) is 10.7. The predicted octanol–water partition coefficient (Wildman–Crippen LogP) is 3.21. The van der Waals surface area contributed by atoms with E-state index in [1.165, 1.54) is 12.8 Å². The van der Waals surface area contributed by atoms with Crippen molar-refractivity contribution in [2.75, 3.05) is 26.2 Å². The van der Waals surface area contributed by atoms with Gasteiger partial charge in [-0.15, -0.1) is 0 Å². The highest BCUT2D eigenvalue weighted by Gasteiger charge is 2.15. The molecule has 1 aromatic heterocycles. The van der Waals surface area contributed by atoms with Gasteiger partial charge in [-0.1, -0.05) is 29.8 Å². The van der Waals surface area contributed by atoms with Gasteiger partial charge >= 0.3 is 0 Å². The number of rotatable bonds is 8. The van der Waals surface area contributed by atoms with Crippen LogP contribution in [0.15, 0.2) is 40.8 Å². The number of benzene rings is 1. The molecule has 7 heteroatoms. The number of carbonyl (C=O) groups excluding carboxylic acids is 1.